The van der Waals surface area contributed by atoms with E-state index in [1.54, 1.807) is 0 Å². The molecule has 0 unspecified atom stereocenters. The average molecular weight is 424 g/mol. The van der Waals surface area contributed by atoms with Gasteiger partial charge in [0, 0.05) is 5.56 Å². The maximum Gasteiger partial charge on any atom is 0.408 e. The molecular weight excluding hydrogens is 390 g/mol. The maximum atomic E-state index is 12.2. The summed E-state index contributed by atoms with van der Waals surface area (Å²) in [6.45, 7) is 12.3. The lowest BCUT2D eigenvalue weighted by Crippen LogP contribution is -2.43. The van der Waals surface area contributed by atoms with Gasteiger partial charge in [-0.1, -0.05) is 37.6 Å². The number of nitrogens with zero attached hydrogens (tertiary/aromatic N) is 1. The van der Waals surface area contributed by atoms with Crippen molar-refractivity contribution in [3.63, 3.8) is 0 Å². The van der Waals surface area contributed by atoms with Gasteiger partial charge in [0.25, 0.3) is 0 Å². The molecule has 2 aromatic carbocycles. The minimum absolute atomic E-state index is 0.432. The number of H-pyrrole nitrogens is 1. The van der Waals surface area contributed by atoms with Crippen LogP contribution in [0, 0.1) is 0 Å². The first-order valence-corrected chi connectivity index (χ1v) is 10.8. The highest BCUT2D eigenvalue weighted by Crippen LogP contribution is 2.37. The Bertz CT molecular complexity index is 1030. The predicted octanol–water partition coefficient (Wildman–Crippen LogP) is 6.17. The SMILES string of the molecule is CCCCOc1c(-c2ccc(C(C)(C)NC(=O)OC(C)(C)C)cc2)ccc2[nH]ncc12. The Kier molecular flexibility index (Phi) is 6.58. The standard InChI is InChI=1S/C25H33N3O3/c1-7-8-15-30-22-19(13-14-21-20(22)16-26-28-21)17-9-11-18(12-10-17)25(5,6)27-23(29)31-24(2,3)4/h9-14,16H,7-8,15H2,1-6H3,(H,26,28)(H,27,29). The molecule has 0 spiro atoms. The van der Waals surface area contributed by atoms with E-state index in [2.05, 4.69) is 40.6 Å². The molecule has 0 saturated heterocycles. The van der Waals surface area contributed by atoms with Gasteiger partial charge in [0.1, 0.15) is 11.4 Å². The van der Waals surface area contributed by atoms with Crippen LogP contribution >= 0.6 is 0 Å². The topological polar surface area (TPSA) is 76.2 Å². The highest BCUT2D eigenvalue weighted by Gasteiger charge is 2.26. The third kappa shape index (κ3) is 5.57. The number of aromatic nitrogens is 2. The third-order valence-electron chi connectivity index (χ3n) is 5.05. The average Bonchev–Trinajstić information content (AvgIpc) is 3.15. The lowest BCUT2D eigenvalue weighted by Gasteiger charge is -2.29. The van der Waals surface area contributed by atoms with Crippen molar-refractivity contribution < 1.29 is 14.3 Å². The highest BCUT2D eigenvalue weighted by atomic mass is 16.6. The number of carbonyl (C=O) groups is 1. The maximum absolute atomic E-state index is 12.2. The molecule has 0 saturated carbocycles. The van der Waals surface area contributed by atoms with Crippen LogP contribution in [0.4, 0.5) is 4.79 Å². The number of unbranched alkanes of at least 4 members (excludes halogenated alkanes) is 1. The Labute approximate surface area is 184 Å². The van der Waals surface area contributed by atoms with E-state index in [9.17, 15) is 4.79 Å². The van der Waals surface area contributed by atoms with Gasteiger partial charge in [-0.25, -0.2) is 4.79 Å². The summed E-state index contributed by atoms with van der Waals surface area (Å²) >= 11 is 0. The first kappa shape index (κ1) is 22.7. The number of rotatable bonds is 7. The fourth-order valence-electron chi connectivity index (χ4n) is 3.39. The fourth-order valence-corrected chi connectivity index (χ4v) is 3.39. The van der Waals surface area contributed by atoms with Gasteiger partial charge >= 0.3 is 6.09 Å². The van der Waals surface area contributed by atoms with Crippen molar-refractivity contribution in [1.82, 2.24) is 15.5 Å². The summed E-state index contributed by atoms with van der Waals surface area (Å²) in [5.41, 5.74) is 2.90. The molecule has 6 nitrogen and oxygen atoms in total. The van der Waals surface area contributed by atoms with Crippen molar-refractivity contribution in [2.75, 3.05) is 6.61 Å². The smallest absolute Gasteiger partial charge is 0.408 e. The lowest BCUT2D eigenvalue weighted by atomic mass is 9.92. The largest absolute Gasteiger partial charge is 0.492 e. The van der Waals surface area contributed by atoms with Crippen molar-refractivity contribution in [2.24, 2.45) is 0 Å². The molecule has 31 heavy (non-hydrogen) atoms. The summed E-state index contributed by atoms with van der Waals surface area (Å²) in [6, 6.07) is 12.3. The summed E-state index contributed by atoms with van der Waals surface area (Å²) in [5, 5.41) is 11.1. The summed E-state index contributed by atoms with van der Waals surface area (Å²) in [4.78, 5) is 12.2. The molecular formula is C25H33N3O3. The molecule has 0 aliphatic rings. The molecule has 2 N–H and O–H groups in total. The van der Waals surface area contributed by atoms with E-state index in [0.29, 0.717) is 6.61 Å². The number of ether oxygens (including phenoxy) is 2. The van der Waals surface area contributed by atoms with Gasteiger partial charge in [0.15, 0.2) is 0 Å². The van der Waals surface area contributed by atoms with Crippen LogP contribution < -0.4 is 10.1 Å². The van der Waals surface area contributed by atoms with E-state index >= 15 is 0 Å². The molecule has 3 rings (SSSR count). The van der Waals surface area contributed by atoms with Crippen LogP contribution in [0.1, 0.15) is 59.9 Å². The lowest BCUT2D eigenvalue weighted by molar-refractivity contribution is 0.0470. The second kappa shape index (κ2) is 9.00. The van der Waals surface area contributed by atoms with E-state index in [0.717, 1.165) is 46.2 Å². The van der Waals surface area contributed by atoms with Crippen LogP contribution in [0.2, 0.25) is 0 Å². The number of alkyl carbamates (subject to hydrolysis) is 1. The molecule has 0 bridgehead atoms. The van der Waals surface area contributed by atoms with Crippen LogP contribution in [0.3, 0.4) is 0 Å². The number of nitrogens with one attached hydrogen (secondary N) is 2. The summed E-state index contributed by atoms with van der Waals surface area (Å²) < 4.78 is 11.6. The number of benzene rings is 2. The first-order chi connectivity index (χ1) is 14.6. The normalized spacial score (nSPS) is 12.1. The van der Waals surface area contributed by atoms with E-state index < -0.39 is 17.2 Å². The molecule has 0 fully saturated rings. The molecule has 3 aromatic rings. The van der Waals surface area contributed by atoms with E-state index in [1.807, 2.05) is 59.0 Å². The molecule has 0 radical (unpaired) electrons. The molecule has 1 heterocycles. The van der Waals surface area contributed by atoms with E-state index in [4.69, 9.17) is 9.47 Å². The first-order valence-electron chi connectivity index (χ1n) is 10.8. The zero-order chi connectivity index (χ0) is 22.6. The Morgan fingerprint density at radius 3 is 2.42 bits per heavy atom. The van der Waals surface area contributed by atoms with E-state index in [1.165, 1.54) is 0 Å². The van der Waals surface area contributed by atoms with Gasteiger partial charge in [-0.2, -0.15) is 5.10 Å². The predicted molar refractivity (Wildman–Crippen MR) is 124 cm³/mol. The molecule has 0 atom stereocenters. The van der Waals surface area contributed by atoms with Gasteiger partial charge in [-0.15, -0.1) is 0 Å². The Morgan fingerprint density at radius 2 is 1.77 bits per heavy atom. The number of hydrogen-bond donors (Lipinski definition) is 2. The van der Waals surface area contributed by atoms with Gasteiger partial charge in [0.05, 0.1) is 29.2 Å². The van der Waals surface area contributed by atoms with Gasteiger partial charge in [-0.05, 0) is 64.3 Å². The van der Waals surface area contributed by atoms with Crippen LogP contribution in [-0.4, -0.2) is 28.5 Å². The Hall–Kier alpha value is -3.02. The summed E-state index contributed by atoms with van der Waals surface area (Å²) in [5.74, 6) is 0.846. The monoisotopic (exact) mass is 423 g/mol. The summed E-state index contributed by atoms with van der Waals surface area (Å²) in [6.07, 6.45) is 3.45. The molecule has 6 heteroatoms. The number of fused-ring (bicyclic) bond motifs is 1. The van der Waals surface area contributed by atoms with Crippen LogP contribution in [0.5, 0.6) is 5.75 Å². The summed E-state index contributed by atoms with van der Waals surface area (Å²) in [7, 11) is 0. The number of aromatic amines is 1. The molecule has 166 valence electrons. The van der Waals surface area contributed by atoms with Crippen LogP contribution in [-0.2, 0) is 10.3 Å². The number of carbonyl (C=O) groups excluding carboxylic acids is 1. The third-order valence-corrected chi connectivity index (χ3v) is 5.05. The zero-order valence-electron chi connectivity index (χ0n) is 19.3. The van der Waals surface area contributed by atoms with Crippen molar-refractivity contribution in [2.45, 2.75) is 65.5 Å². The van der Waals surface area contributed by atoms with Gasteiger partial charge in [0.2, 0.25) is 0 Å². The molecule has 1 aromatic heterocycles. The van der Waals surface area contributed by atoms with Gasteiger partial charge < -0.3 is 14.8 Å². The molecule has 1 amide bonds. The second-order valence-electron chi connectivity index (χ2n) is 9.30. The number of hydrogen-bond acceptors (Lipinski definition) is 4. The fraction of sp³-hybridized carbons (Fsp3) is 0.440. The van der Waals surface area contributed by atoms with Crippen molar-refractivity contribution in [3.05, 3.63) is 48.2 Å². The number of amides is 1. The zero-order valence-corrected chi connectivity index (χ0v) is 19.3. The molecule has 0 aliphatic heterocycles. The van der Waals surface area contributed by atoms with Crippen molar-refractivity contribution in [1.29, 1.82) is 0 Å². The van der Waals surface area contributed by atoms with Crippen molar-refractivity contribution in [3.8, 4) is 16.9 Å². The van der Waals surface area contributed by atoms with Crippen LogP contribution in [0.15, 0.2) is 42.6 Å². The minimum Gasteiger partial charge on any atom is -0.492 e. The van der Waals surface area contributed by atoms with Crippen molar-refractivity contribution >= 4 is 17.0 Å². The molecule has 0 aliphatic carbocycles. The minimum atomic E-state index is -0.574. The second-order valence-corrected chi connectivity index (χ2v) is 9.30. The van der Waals surface area contributed by atoms with Gasteiger partial charge in [-0.3, -0.25) is 5.10 Å². The van der Waals surface area contributed by atoms with E-state index in [-0.39, 0.29) is 0 Å². The quantitative estimate of drug-likeness (QED) is 0.446. The Balaban J connectivity index is 1.86. The highest BCUT2D eigenvalue weighted by molar-refractivity contribution is 5.92. The van der Waals surface area contributed by atoms with Crippen LogP contribution in [0.25, 0.3) is 22.0 Å². The Morgan fingerprint density at radius 1 is 1.06 bits per heavy atom.